The quantitative estimate of drug-likeness (QED) is 0.609. The third-order valence-corrected chi connectivity index (χ3v) is 2.58. The van der Waals surface area contributed by atoms with E-state index in [1.807, 2.05) is 7.05 Å². The molecule has 1 fully saturated rings. The van der Waals surface area contributed by atoms with Crippen molar-refractivity contribution in [1.82, 2.24) is 10.2 Å². The minimum atomic E-state index is -0.199. The Morgan fingerprint density at radius 3 is 3.08 bits per heavy atom. The molecule has 3 N–H and O–H groups in total. The first-order valence-electron chi connectivity index (χ1n) is 4.91. The molecule has 0 bridgehead atoms. The van der Waals surface area contributed by atoms with Crippen molar-refractivity contribution in [2.45, 2.75) is 25.3 Å². The fourth-order valence-corrected chi connectivity index (χ4v) is 1.91. The van der Waals surface area contributed by atoms with E-state index in [1.54, 1.807) is 0 Å². The fraction of sp³-hybridized carbons (Fsp3) is 0.889. The van der Waals surface area contributed by atoms with Crippen molar-refractivity contribution in [3.8, 4) is 0 Å². The lowest BCUT2D eigenvalue weighted by Crippen LogP contribution is -2.38. The van der Waals surface area contributed by atoms with Gasteiger partial charge in [-0.25, -0.2) is 0 Å². The van der Waals surface area contributed by atoms with Crippen molar-refractivity contribution >= 4 is 5.91 Å². The topological polar surface area (TPSA) is 58.4 Å². The normalized spacial score (nSPS) is 23.6. The van der Waals surface area contributed by atoms with Crippen LogP contribution in [0.2, 0.25) is 0 Å². The number of carbonyl (C=O) groups excluding carboxylic acids is 1. The van der Waals surface area contributed by atoms with Crippen LogP contribution in [0, 0.1) is 0 Å². The Labute approximate surface area is 79.5 Å². The molecule has 13 heavy (non-hydrogen) atoms. The standard InChI is InChI=1S/C9H19N3O/c1-11-7-8-3-2-5-12(8)6-4-9(10)13/h8,11H,2-7H2,1H3,(H2,10,13). The summed E-state index contributed by atoms with van der Waals surface area (Å²) in [5.74, 6) is -0.199. The van der Waals surface area contributed by atoms with Crippen LogP contribution in [0.1, 0.15) is 19.3 Å². The Kier molecular flexibility index (Phi) is 4.18. The van der Waals surface area contributed by atoms with Crippen LogP contribution in [0.25, 0.3) is 0 Å². The lowest BCUT2D eigenvalue weighted by atomic mass is 10.2. The summed E-state index contributed by atoms with van der Waals surface area (Å²) in [6.07, 6.45) is 2.96. The molecule has 0 radical (unpaired) electrons. The van der Waals surface area contributed by atoms with Gasteiger partial charge in [-0.15, -0.1) is 0 Å². The van der Waals surface area contributed by atoms with E-state index >= 15 is 0 Å². The van der Waals surface area contributed by atoms with E-state index in [0.717, 1.165) is 19.6 Å². The molecule has 0 saturated carbocycles. The average molecular weight is 185 g/mol. The van der Waals surface area contributed by atoms with Gasteiger partial charge in [-0.3, -0.25) is 9.69 Å². The summed E-state index contributed by atoms with van der Waals surface area (Å²) >= 11 is 0. The number of carbonyl (C=O) groups is 1. The Morgan fingerprint density at radius 1 is 1.69 bits per heavy atom. The van der Waals surface area contributed by atoms with E-state index < -0.39 is 0 Å². The van der Waals surface area contributed by atoms with Crippen LogP contribution < -0.4 is 11.1 Å². The minimum Gasteiger partial charge on any atom is -0.370 e. The number of nitrogens with two attached hydrogens (primary N) is 1. The van der Waals surface area contributed by atoms with Gasteiger partial charge in [-0.1, -0.05) is 0 Å². The summed E-state index contributed by atoms with van der Waals surface area (Å²) in [5, 5.41) is 3.17. The van der Waals surface area contributed by atoms with Gasteiger partial charge in [0, 0.05) is 25.6 Å². The molecule has 0 aromatic rings. The van der Waals surface area contributed by atoms with Gasteiger partial charge in [0.2, 0.25) is 5.91 Å². The number of rotatable bonds is 5. The zero-order chi connectivity index (χ0) is 9.68. The van der Waals surface area contributed by atoms with Crippen molar-refractivity contribution in [3.05, 3.63) is 0 Å². The van der Waals surface area contributed by atoms with Gasteiger partial charge in [0.1, 0.15) is 0 Å². The second kappa shape index (κ2) is 5.19. The predicted molar refractivity (Wildman–Crippen MR) is 52.3 cm³/mol. The Morgan fingerprint density at radius 2 is 2.46 bits per heavy atom. The van der Waals surface area contributed by atoms with Crippen LogP contribution in [-0.4, -0.2) is 43.5 Å². The van der Waals surface area contributed by atoms with Crippen LogP contribution in [0.5, 0.6) is 0 Å². The summed E-state index contributed by atoms with van der Waals surface area (Å²) in [6, 6.07) is 0.601. The third kappa shape index (κ3) is 3.32. The van der Waals surface area contributed by atoms with Crippen molar-refractivity contribution in [1.29, 1.82) is 0 Å². The molecule has 1 heterocycles. The Balaban J connectivity index is 2.26. The van der Waals surface area contributed by atoms with Crippen molar-refractivity contribution in [2.24, 2.45) is 5.73 Å². The van der Waals surface area contributed by atoms with Crippen LogP contribution in [-0.2, 0) is 4.79 Å². The molecular weight excluding hydrogens is 166 g/mol. The number of amides is 1. The van der Waals surface area contributed by atoms with E-state index in [0.29, 0.717) is 12.5 Å². The summed E-state index contributed by atoms with van der Waals surface area (Å²) in [5.41, 5.74) is 5.11. The third-order valence-electron chi connectivity index (χ3n) is 2.58. The molecule has 4 heteroatoms. The molecule has 4 nitrogen and oxygen atoms in total. The van der Waals surface area contributed by atoms with Crippen LogP contribution in [0.15, 0.2) is 0 Å². The lowest BCUT2D eigenvalue weighted by Gasteiger charge is -2.23. The van der Waals surface area contributed by atoms with Crippen molar-refractivity contribution < 1.29 is 4.79 Å². The minimum absolute atomic E-state index is 0.199. The van der Waals surface area contributed by atoms with Gasteiger partial charge in [0.05, 0.1) is 0 Å². The van der Waals surface area contributed by atoms with Crippen LogP contribution in [0.3, 0.4) is 0 Å². The molecule has 0 aromatic carbocycles. The summed E-state index contributed by atoms with van der Waals surface area (Å²) in [7, 11) is 1.96. The molecule has 1 amide bonds. The second-order valence-electron chi connectivity index (χ2n) is 3.61. The maximum atomic E-state index is 10.6. The van der Waals surface area contributed by atoms with Crippen molar-refractivity contribution in [2.75, 3.05) is 26.7 Å². The smallest absolute Gasteiger partial charge is 0.218 e. The molecule has 1 unspecified atom stereocenters. The van der Waals surface area contributed by atoms with Gasteiger partial charge < -0.3 is 11.1 Å². The Hall–Kier alpha value is -0.610. The molecule has 1 aliphatic rings. The highest BCUT2D eigenvalue weighted by Gasteiger charge is 2.23. The number of nitrogens with zero attached hydrogens (tertiary/aromatic N) is 1. The number of hydrogen-bond donors (Lipinski definition) is 2. The zero-order valence-electron chi connectivity index (χ0n) is 8.25. The van der Waals surface area contributed by atoms with E-state index in [1.165, 1.54) is 12.8 Å². The first-order chi connectivity index (χ1) is 6.24. The highest BCUT2D eigenvalue weighted by atomic mass is 16.1. The number of hydrogen-bond acceptors (Lipinski definition) is 3. The largest absolute Gasteiger partial charge is 0.370 e. The summed E-state index contributed by atoms with van der Waals surface area (Å²) < 4.78 is 0. The fourth-order valence-electron chi connectivity index (χ4n) is 1.91. The molecule has 1 saturated heterocycles. The Bertz CT molecular complexity index is 172. The van der Waals surface area contributed by atoms with Crippen molar-refractivity contribution in [3.63, 3.8) is 0 Å². The molecule has 0 spiro atoms. The van der Waals surface area contributed by atoms with E-state index in [4.69, 9.17) is 5.73 Å². The van der Waals surface area contributed by atoms with Gasteiger partial charge in [0.15, 0.2) is 0 Å². The molecule has 1 rings (SSSR count). The highest BCUT2D eigenvalue weighted by molar-refractivity contribution is 5.73. The van der Waals surface area contributed by atoms with Crippen LogP contribution in [0.4, 0.5) is 0 Å². The molecule has 76 valence electrons. The number of nitrogens with one attached hydrogen (secondary N) is 1. The van der Waals surface area contributed by atoms with E-state index in [2.05, 4.69) is 10.2 Å². The molecule has 0 aliphatic carbocycles. The van der Waals surface area contributed by atoms with E-state index in [-0.39, 0.29) is 5.91 Å². The predicted octanol–water partition coefficient (Wildman–Crippen LogP) is -0.454. The van der Waals surface area contributed by atoms with Gasteiger partial charge >= 0.3 is 0 Å². The highest BCUT2D eigenvalue weighted by Crippen LogP contribution is 2.16. The number of primary amides is 1. The van der Waals surface area contributed by atoms with Gasteiger partial charge in [-0.05, 0) is 26.4 Å². The van der Waals surface area contributed by atoms with Gasteiger partial charge in [0.25, 0.3) is 0 Å². The molecule has 1 aliphatic heterocycles. The molecule has 1 atom stereocenters. The second-order valence-corrected chi connectivity index (χ2v) is 3.61. The summed E-state index contributed by atoms with van der Waals surface area (Å²) in [6.45, 7) is 2.94. The maximum absolute atomic E-state index is 10.6. The zero-order valence-corrected chi connectivity index (χ0v) is 8.25. The monoisotopic (exact) mass is 185 g/mol. The van der Waals surface area contributed by atoms with Gasteiger partial charge in [-0.2, -0.15) is 0 Å². The first-order valence-corrected chi connectivity index (χ1v) is 4.91. The summed E-state index contributed by atoms with van der Waals surface area (Å²) in [4.78, 5) is 12.9. The molecule has 0 aromatic heterocycles. The van der Waals surface area contributed by atoms with Crippen LogP contribution >= 0.6 is 0 Å². The van der Waals surface area contributed by atoms with E-state index in [9.17, 15) is 4.79 Å². The molecular formula is C9H19N3O. The first kappa shape index (κ1) is 10.5. The average Bonchev–Trinajstić information content (AvgIpc) is 2.49. The lowest BCUT2D eigenvalue weighted by molar-refractivity contribution is -0.118. The number of likely N-dealkylation sites (N-methyl/N-ethyl adjacent to an activating group) is 1. The maximum Gasteiger partial charge on any atom is 0.218 e. The SMILES string of the molecule is CNCC1CCCN1CCC(N)=O. The number of likely N-dealkylation sites (tertiary alicyclic amines) is 1.